The normalized spacial score (nSPS) is 15.0. The maximum Gasteiger partial charge on any atom is 0.255 e. The summed E-state index contributed by atoms with van der Waals surface area (Å²) in [6.07, 6.45) is 6.45. The van der Waals surface area contributed by atoms with E-state index in [-0.39, 0.29) is 5.91 Å². The van der Waals surface area contributed by atoms with Gasteiger partial charge in [0.2, 0.25) is 0 Å². The molecule has 76 valence electrons. The van der Waals surface area contributed by atoms with Gasteiger partial charge in [-0.3, -0.25) is 4.79 Å². The van der Waals surface area contributed by atoms with E-state index in [1.165, 1.54) is 24.1 Å². The van der Waals surface area contributed by atoms with Crippen LogP contribution in [0.1, 0.15) is 34.5 Å². The summed E-state index contributed by atoms with van der Waals surface area (Å²) < 4.78 is 0. The summed E-state index contributed by atoms with van der Waals surface area (Å²) in [6, 6.07) is 0. The maximum atomic E-state index is 11.8. The Morgan fingerprint density at radius 3 is 2.79 bits per heavy atom. The highest BCUT2D eigenvalue weighted by molar-refractivity contribution is 5.95. The van der Waals surface area contributed by atoms with Crippen LogP contribution in [-0.4, -0.2) is 29.9 Å². The van der Waals surface area contributed by atoms with Crippen LogP contribution in [0.15, 0.2) is 6.20 Å². The van der Waals surface area contributed by atoms with Gasteiger partial charge in [0.1, 0.15) is 0 Å². The number of fused-ring (bicyclic) bond motifs is 1. The number of nitrogens with zero attached hydrogens (tertiary/aromatic N) is 1. The monoisotopic (exact) mass is 192 g/mol. The van der Waals surface area contributed by atoms with Crippen LogP contribution in [0.4, 0.5) is 0 Å². The van der Waals surface area contributed by atoms with E-state index in [0.717, 1.165) is 18.4 Å². The van der Waals surface area contributed by atoms with Crippen LogP contribution in [0.5, 0.6) is 0 Å². The van der Waals surface area contributed by atoms with E-state index >= 15 is 0 Å². The van der Waals surface area contributed by atoms with Crippen LogP contribution in [-0.2, 0) is 12.8 Å². The fraction of sp³-hybridized carbons (Fsp3) is 0.545. The van der Waals surface area contributed by atoms with Gasteiger partial charge in [0.25, 0.3) is 5.91 Å². The van der Waals surface area contributed by atoms with E-state index in [1.54, 1.807) is 19.0 Å². The van der Waals surface area contributed by atoms with E-state index in [9.17, 15) is 4.79 Å². The van der Waals surface area contributed by atoms with Gasteiger partial charge >= 0.3 is 0 Å². The minimum Gasteiger partial charge on any atom is -0.364 e. The molecule has 0 spiro atoms. The first-order chi connectivity index (χ1) is 6.70. The molecular weight excluding hydrogens is 176 g/mol. The highest BCUT2D eigenvalue weighted by Crippen LogP contribution is 2.24. The van der Waals surface area contributed by atoms with Gasteiger partial charge in [-0.25, -0.2) is 0 Å². The number of amides is 1. The number of hydrogen-bond donors (Lipinski definition) is 1. The number of carbonyl (C=O) groups excluding carboxylic acids is 1. The van der Waals surface area contributed by atoms with Gasteiger partial charge in [-0.1, -0.05) is 0 Å². The topological polar surface area (TPSA) is 36.1 Å². The minimum atomic E-state index is 0.115. The highest BCUT2D eigenvalue weighted by atomic mass is 16.2. The summed E-state index contributed by atoms with van der Waals surface area (Å²) in [5, 5.41) is 0. The fourth-order valence-corrected chi connectivity index (χ4v) is 2.04. The SMILES string of the molecule is CN(C)C(=O)c1c[nH]c2c1CCCC2. The molecule has 0 saturated heterocycles. The van der Waals surface area contributed by atoms with Crippen molar-refractivity contribution in [2.75, 3.05) is 14.1 Å². The van der Waals surface area contributed by atoms with Crippen molar-refractivity contribution >= 4 is 5.91 Å². The molecule has 0 bridgehead atoms. The Kier molecular flexibility index (Phi) is 2.32. The average Bonchev–Trinajstić information content (AvgIpc) is 2.60. The predicted octanol–water partition coefficient (Wildman–Crippen LogP) is 1.60. The molecule has 0 saturated carbocycles. The zero-order chi connectivity index (χ0) is 10.1. The van der Waals surface area contributed by atoms with Gasteiger partial charge < -0.3 is 9.88 Å². The summed E-state index contributed by atoms with van der Waals surface area (Å²) in [5.41, 5.74) is 3.38. The molecule has 3 nitrogen and oxygen atoms in total. The first-order valence-electron chi connectivity index (χ1n) is 5.11. The van der Waals surface area contributed by atoms with E-state index in [4.69, 9.17) is 0 Å². The second kappa shape index (κ2) is 3.48. The molecule has 1 N–H and O–H groups in total. The van der Waals surface area contributed by atoms with E-state index in [2.05, 4.69) is 4.98 Å². The minimum absolute atomic E-state index is 0.115. The van der Waals surface area contributed by atoms with Crippen molar-refractivity contribution in [1.29, 1.82) is 0 Å². The summed E-state index contributed by atoms with van der Waals surface area (Å²) in [7, 11) is 3.59. The van der Waals surface area contributed by atoms with Gasteiger partial charge in [0.15, 0.2) is 0 Å². The zero-order valence-electron chi connectivity index (χ0n) is 8.76. The largest absolute Gasteiger partial charge is 0.364 e. The first kappa shape index (κ1) is 9.31. The third-order valence-corrected chi connectivity index (χ3v) is 2.82. The van der Waals surface area contributed by atoms with Crippen molar-refractivity contribution in [2.45, 2.75) is 25.7 Å². The Labute approximate surface area is 84.1 Å². The molecule has 2 rings (SSSR count). The second-order valence-corrected chi connectivity index (χ2v) is 4.07. The third kappa shape index (κ3) is 1.43. The lowest BCUT2D eigenvalue weighted by molar-refractivity contribution is 0.0826. The van der Waals surface area contributed by atoms with Crippen LogP contribution in [0.3, 0.4) is 0 Å². The standard InChI is InChI=1S/C11H16N2O/c1-13(2)11(14)9-7-12-10-6-4-3-5-8(9)10/h7,12H,3-6H2,1-2H3. The summed E-state index contributed by atoms with van der Waals surface area (Å²) in [6.45, 7) is 0. The number of aromatic nitrogens is 1. The molecule has 1 heterocycles. The van der Waals surface area contributed by atoms with Crippen LogP contribution < -0.4 is 0 Å². The van der Waals surface area contributed by atoms with Crippen LogP contribution in [0.25, 0.3) is 0 Å². The van der Waals surface area contributed by atoms with E-state index in [1.807, 2.05) is 6.20 Å². The summed E-state index contributed by atoms with van der Waals surface area (Å²) >= 11 is 0. The Morgan fingerprint density at radius 1 is 1.36 bits per heavy atom. The Bertz CT molecular complexity index is 352. The van der Waals surface area contributed by atoms with E-state index in [0.29, 0.717) is 0 Å². The Hall–Kier alpha value is -1.25. The van der Waals surface area contributed by atoms with Crippen molar-refractivity contribution in [3.8, 4) is 0 Å². The molecule has 1 aliphatic rings. The van der Waals surface area contributed by atoms with Gasteiger partial charge in [-0.2, -0.15) is 0 Å². The Morgan fingerprint density at radius 2 is 2.07 bits per heavy atom. The van der Waals surface area contributed by atoms with Gasteiger partial charge in [-0.05, 0) is 31.2 Å². The molecular formula is C11H16N2O. The number of nitrogens with one attached hydrogen (secondary N) is 1. The quantitative estimate of drug-likeness (QED) is 0.720. The van der Waals surface area contributed by atoms with Crippen LogP contribution in [0, 0.1) is 0 Å². The number of rotatable bonds is 1. The highest BCUT2D eigenvalue weighted by Gasteiger charge is 2.20. The maximum absolute atomic E-state index is 11.8. The van der Waals surface area contributed by atoms with Crippen molar-refractivity contribution in [3.63, 3.8) is 0 Å². The lowest BCUT2D eigenvalue weighted by atomic mass is 9.95. The molecule has 1 aromatic rings. The number of aryl methyl sites for hydroxylation is 1. The number of H-pyrrole nitrogens is 1. The molecule has 1 aromatic heterocycles. The van der Waals surface area contributed by atoms with Crippen molar-refractivity contribution in [2.24, 2.45) is 0 Å². The first-order valence-corrected chi connectivity index (χ1v) is 5.11. The van der Waals surface area contributed by atoms with Crippen LogP contribution >= 0.6 is 0 Å². The number of aromatic amines is 1. The fourth-order valence-electron chi connectivity index (χ4n) is 2.04. The molecule has 3 heteroatoms. The molecule has 0 unspecified atom stereocenters. The Balaban J connectivity index is 2.35. The molecule has 0 aromatic carbocycles. The molecule has 0 aliphatic heterocycles. The van der Waals surface area contributed by atoms with Crippen LogP contribution in [0.2, 0.25) is 0 Å². The van der Waals surface area contributed by atoms with Crippen molar-refractivity contribution in [3.05, 3.63) is 23.0 Å². The molecule has 0 radical (unpaired) electrons. The number of hydrogen-bond acceptors (Lipinski definition) is 1. The molecule has 0 atom stereocenters. The smallest absolute Gasteiger partial charge is 0.255 e. The van der Waals surface area contributed by atoms with Gasteiger partial charge in [-0.15, -0.1) is 0 Å². The molecule has 1 aliphatic carbocycles. The second-order valence-electron chi connectivity index (χ2n) is 4.07. The lowest BCUT2D eigenvalue weighted by Gasteiger charge is -2.14. The summed E-state index contributed by atoms with van der Waals surface area (Å²) in [4.78, 5) is 16.6. The van der Waals surface area contributed by atoms with Gasteiger partial charge in [0.05, 0.1) is 5.56 Å². The zero-order valence-corrected chi connectivity index (χ0v) is 8.76. The van der Waals surface area contributed by atoms with Crippen molar-refractivity contribution < 1.29 is 4.79 Å². The molecule has 1 amide bonds. The summed E-state index contributed by atoms with van der Waals surface area (Å²) in [5.74, 6) is 0.115. The van der Waals surface area contributed by atoms with Crippen molar-refractivity contribution in [1.82, 2.24) is 9.88 Å². The lowest BCUT2D eigenvalue weighted by Crippen LogP contribution is -2.22. The average molecular weight is 192 g/mol. The number of carbonyl (C=O) groups is 1. The molecule has 0 fully saturated rings. The van der Waals surface area contributed by atoms with Gasteiger partial charge in [0, 0.05) is 26.0 Å². The predicted molar refractivity (Wildman–Crippen MR) is 55.5 cm³/mol. The molecule has 14 heavy (non-hydrogen) atoms. The third-order valence-electron chi connectivity index (χ3n) is 2.82. The van der Waals surface area contributed by atoms with E-state index < -0.39 is 0 Å².